The Balaban J connectivity index is 2.72. The van der Waals surface area contributed by atoms with Crippen LogP contribution >= 0.6 is 0 Å². The van der Waals surface area contributed by atoms with Crippen molar-refractivity contribution in [3.8, 4) is 0 Å². The van der Waals surface area contributed by atoms with Crippen LogP contribution in [0.2, 0.25) is 0 Å². The van der Waals surface area contributed by atoms with E-state index in [0.29, 0.717) is 11.3 Å². The number of anilines is 1. The molecule has 1 aromatic carbocycles. The van der Waals surface area contributed by atoms with Crippen molar-refractivity contribution in [2.45, 2.75) is 12.6 Å². The van der Waals surface area contributed by atoms with Gasteiger partial charge in [0.05, 0.1) is 6.42 Å². The lowest BCUT2D eigenvalue weighted by atomic mass is 10.1. The molecule has 13 heavy (non-hydrogen) atoms. The molecule has 70 valence electrons. The monoisotopic (exact) mass is 180 g/mol. The number of nitrogens with two attached hydrogens (primary N) is 2. The third-order valence-electron chi connectivity index (χ3n) is 1.63. The minimum absolute atomic E-state index is 0.0656. The molecular formula is C9H12N2O2. The second-order valence-corrected chi connectivity index (χ2v) is 2.82. The SMILES string of the molecule is Nc1ccc(C(=O)CC(N)O)cc1. The van der Waals surface area contributed by atoms with Crippen molar-refractivity contribution < 1.29 is 9.90 Å². The Bertz CT molecular complexity index is 293. The minimum Gasteiger partial charge on any atom is -0.399 e. The molecule has 0 bridgehead atoms. The average Bonchev–Trinajstić information content (AvgIpc) is 2.04. The molecule has 0 aliphatic carbocycles. The molecule has 1 atom stereocenters. The number of carbonyl (C=O) groups excluding carboxylic acids is 1. The molecule has 5 N–H and O–H groups in total. The summed E-state index contributed by atoms with van der Waals surface area (Å²) >= 11 is 0. The van der Waals surface area contributed by atoms with E-state index in [4.69, 9.17) is 16.6 Å². The topological polar surface area (TPSA) is 89.3 Å². The van der Waals surface area contributed by atoms with Gasteiger partial charge in [0.25, 0.3) is 0 Å². The van der Waals surface area contributed by atoms with E-state index in [1.807, 2.05) is 0 Å². The van der Waals surface area contributed by atoms with E-state index in [2.05, 4.69) is 0 Å². The predicted octanol–water partition coefficient (Wildman–Crippen LogP) is 0.119. The molecule has 0 fully saturated rings. The molecule has 1 aromatic rings. The Morgan fingerprint density at radius 2 is 1.92 bits per heavy atom. The quantitative estimate of drug-likeness (QED) is 0.350. The van der Waals surface area contributed by atoms with Crippen LogP contribution in [0.1, 0.15) is 16.8 Å². The van der Waals surface area contributed by atoms with Gasteiger partial charge in [0, 0.05) is 11.3 Å². The first-order chi connectivity index (χ1) is 6.09. The summed E-state index contributed by atoms with van der Waals surface area (Å²) in [5.41, 5.74) is 11.6. The fraction of sp³-hybridized carbons (Fsp3) is 0.222. The number of hydrogen-bond donors (Lipinski definition) is 3. The molecular weight excluding hydrogens is 168 g/mol. The highest BCUT2D eigenvalue weighted by molar-refractivity contribution is 5.96. The molecule has 1 unspecified atom stereocenters. The maximum Gasteiger partial charge on any atom is 0.166 e. The van der Waals surface area contributed by atoms with E-state index in [1.165, 1.54) is 0 Å². The Morgan fingerprint density at radius 1 is 1.38 bits per heavy atom. The van der Waals surface area contributed by atoms with Crippen molar-refractivity contribution >= 4 is 11.5 Å². The van der Waals surface area contributed by atoms with Gasteiger partial charge in [-0.15, -0.1) is 0 Å². The standard InChI is InChI=1S/C9H12N2O2/c10-7-3-1-6(2-4-7)8(12)5-9(11)13/h1-4,9,13H,5,10-11H2. The van der Waals surface area contributed by atoms with Crippen molar-refractivity contribution in [3.63, 3.8) is 0 Å². The molecule has 1 rings (SSSR count). The highest BCUT2D eigenvalue weighted by Crippen LogP contribution is 2.08. The smallest absolute Gasteiger partial charge is 0.166 e. The van der Waals surface area contributed by atoms with E-state index < -0.39 is 6.23 Å². The molecule has 0 amide bonds. The predicted molar refractivity (Wildman–Crippen MR) is 50.0 cm³/mol. The Hall–Kier alpha value is -1.39. The molecule has 0 spiro atoms. The summed E-state index contributed by atoms with van der Waals surface area (Å²) in [6.07, 6.45) is -1.16. The van der Waals surface area contributed by atoms with Crippen LogP contribution in [0.5, 0.6) is 0 Å². The third-order valence-corrected chi connectivity index (χ3v) is 1.63. The second-order valence-electron chi connectivity index (χ2n) is 2.82. The van der Waals surface area contributed by atoms with E-state index in [9.17, 15) is 4.79 Å². The van der Waals surface area contributed by atoms with Gasteiger partial charge >= 0.3 is 0 Å². The van der Waals surface area contributed by atoms with E-state index in [1.54, 1.807) is 24.3 Å². The van der Waals surface area contributed by atoms with Crippen molar-refractivity contribution in [1.82, 2.24) is 0 Å². The maximum absolute atomic E-state index is 11.3. The highest BCUT2D eigenvalue weighted by Gasteiger charge is 2.08. The number of nitrogen functional groups attached to an aromatic ring is 1. The number of carbonyl (C=O) groups is 1. The fourth-order valence-corrected chi connectivity index (χ4v) is 0.977. The number of Topliss-reactive ketones (excluding diaryl/α,β-unsaturated/α-hetero) is 1. The summed E-state index contributed by atoms with van der Waals surface area (Å²) in [6.45, 7) is 0. The van der Waals surface area contributed by atoms with E-state index in [0.717, 1.165) is 0 Å². The zero-order valence-electron chi connectivity index (χ0n) is 7.10. The van der Waals surface area contributed by atoms with Gasteiger partial charge in [-0.2, -0.15) is 0 Å². The van der Waals surface area contributed by atoms with Gasteiger partial charge in [-0.1, -0.05) is 0 Å². The number of aliphatic hydroxyl groups is 1. The van der Waals surface area contributed by atoms with Gasteiger partial charge in [0.1, 0.15) is 6.23 Å². The summed E-state index contributed by atoms with van der Waals surface area (Å²) in [5.74, 6) is -0.185. The highest BCUT2D eigenvalue weighted by atomic mass is 16.3. The average molecular weight is 180 g/mol. The van der Waals surface area contributed by atoms with Crippen molar-refractivity contribution in [3.05, 3.63) is 29.8 Å². The van der Waals surface area contributed by atoms with Gasteiger partial charge in [-0.3, -0.25) is 4.79 Å². The molecule has 0 radical (unpaired) electrons. The first-order valence-corrected chi connectivity index (χ1v) is 3.92. The summed E-state index contributed by atoms with van der Waals surface area (Å²) in [7, 11) is 0. The van der Waals surface area contributed by atoms with Crippen LogP contribution in [0.3, 0.4) is 0 Å². The van der Waals surface area contributed by atoms with Crippen molar-refractivity contribution in [2.24, 2.45) is 5.73 Å². The number of hydrogen-bond acceptors (Lipinski definition) is 4. The fourth-order valence-electron chi connectivity index (χ4n) is 0.977. The molecule has 0 saturated heterocycles. The largest absolute Gasteiger partial charge is 0.399 e. The lowest BCUT2D eigenvalue weighted by Crippen LogP contribution is -2.22. The Morgan fingerprint density at radius 3 is 2.38 bits per heavy atom. The van der Waals surface area contributed by atoms with Gasteiger partial charge in [0.2, 0.25) is 0 Å². The number of aliphatic hydroxyl groups excluding tert-OH is 1. The van der Waals surface area contributed by atoms with Gasteiger partial charge < -0.3 is 16.6 Å². The second kappa shape index (κ2) is 4.02. The lowest BCUT2D eigenvalue weighted by molar-refractivity contribution is 0.0889. The molecule has 4 heteroatoms. The zero-order chi connectivity index (χ0) is 9.84. The minimum atomic E-state index is -1.09. The van der Waals surface area contributed by atoms with Crippen molar-refractivity contribution in [2.75, 3.05) is 5.73 Å². The molecule has 0 aliphatic heterocycles. The normalized spacial score (nSPS) is 12.5. The summed E-state index contributed by atoms with van der Waals surface area (Å²) < 4.78 is 0. The molecule has 0 aliphatic rings. The Kier molecular flexibility index (Phi) is 3.00. The molecule has 0 heterocycles. The summed E-state index contributed by atoms with van der Waals surface area (Å²) in [5, 5.41) is 8.77. The van der Waals surface area contributed by atoms with Gasteiger partial charge in [-0.25, -0.2) is 0 Å². The molecule has 0 saturated carbocycles. The lowest BCUT2D eigenvalue weighted by Gasteiger charge is -2.03. The van der Waals surface area contributed by atoms with Crippen LogP contribution in [0.15, 0.2) is 24.3 Å². The first kappa shape index (κ1) is 9.70. The van der Waals surface area contributed by atoms with Gasteiger partial charge in [0.15, 0.2) is 5.78 Å². The number of ketones is 1. The van der Waals surface area contributed by atoms with E-state index in [-0.39, 0.29) is 12.2 Å². The van der Waals surface area contributed by atoms with Crippen LogP contribution in [-0.4, -0.2) is 17.1 Å². The van der Waals surface area contributed by atoms with Crippen LogP contribution in [0.25, 0.3) is 0 Å². The maximum atomic E-state index is 11.3. The van der Waals surface area contributed by atoms with E-state index >= 15 is 0 Å². The zero-order valence-corrected chi connectivity index (χ0v) is 7.10. The third kappa shape index (κ3) is 2.85. The van der Waals surface area contributed by atoms with Crippen LogP contribution < -0.4 is 11.5 Å². The van der Waals surface area contributed by atoms with Crippen molar-refractivity contribution in [1.29, 1.82) is 0 Å². The summed E-state index contributed by atoms with van der Waals surface area (Å²) in [4.78, 5) is 11.3. The number of rotatable bonds is 3. The van der Waals surface area contributed by atoms with Crippen LogP contribution in [0.4, 0.5) is 5.69 Å². The van der Waals surface area contributed by atoms with Crippen LogP contribution in [0, 0.1) is 0 Å². The Labute approximate surface area is 76.2 Å². The first-order valence-electron chi connectivity index (χ1n) is 3.92. The number of benzene rings is 1. The van der Waals surface area contributed by atoms with Crippen LogP contribution in [-0.2, 0) is 0 Å². The molecule has 0 aromatic heterocycles. The summed E-state index contributed by atoms with van der Waals surface area (Å²) in [6, 6.07) is 6.49. The van der Waals surface area contributed by atoms with Gasteiger partial charge in [-0.05, 0) is 24.3 Å². The molecule has 4 nitrogen and oxygen atoms in total.